The largest absolute Gasteiger partial charge is 0.507 e. The average molecular weight is 718 g/mol. The number of phenols is 2. The highest BCUT2D eigenvalue weighted by atomic mass is 16.5. The van der Waals surface area contributed by atoms with E-state index in [1.807, 2.05) is 68.5 Å². The van der Waals surface area contributed by atoms with Gasteiger partial charge in [0.05, 0.1) is 35.9 Å². The van der Waals surface area contributed by atoms with Crippen LogP contribution in [0.1, 0.15) is 119 Å². The maximum atomic E-state index is 11.7. The number of hydrogen-bond donors (Lipinski definition) is 2. The van der Waals surface area contributed by atoms with Gasteiger partial charge in [0, 0.05) is 35.9 Å². The van der Waals surface area contributed by atoms with E-state index < -0.39 is 0 Å². The highest BCUT2D eigenvalue weighted by Crippen LogP contribution is 2.38. The predicted octanol–water partition coefficient (Wildman–Crippen LogP) is 11.4. The van der Waals surface area contributed by atoms with Crippen molar-refractivity contribution in [3.8, 4) is 23.0 Å². The number of phenolic OH excluding ortho intramolecular Hbond substituents is 2. The summed E-state index contributed by atoms with van der Waals surface area (Å²) in [5.74, 6) is 2.88. The van der Waals surface area contributed by atoms with E-state index >= 15 is 0 Å². The van der Waals surface area contributed by atoms with E-state index in [9.17, 15) is 10.2 Å². The molecule has 2 unspecified atom stereocenters. The Morgan fingerprint density at radius 1 is 0.698 bits per heavy atom. The summed E-state index contributed by atoms with van der Waals surface area (Å²) < 4.78 is 14.7. The minimum absolute atomic E-state index is 0.0876. The fourth-order valence-corrected chi connectivity index (χ4v) is 6.87. The molecule has 1 aromatic heterocycles. The molecule has 7 heteroatoms. The summed E-state index contributed by atoms with van der Waals surface area (Å²) in [5.41, 5.74) is 5.98. The van der Waals surface area contributed by atoms with Crippen LogP contribution in [0.2, 0.25) is 0 Å². The second-order valence-electron chi connectivity index (χ2n) is 14.4. The molecule has 0 spiro atoms. The van der Waals surface area contributed by atoms with E-state index in [4.69, 9.17) is 19.5 Å². The lowest BCUT2D eigenvalue weighted by Crippen LogP contribution is -2.13. The molecule has 2 atom stereocenters. The maximum absolute atomic E-state index is 11.7. The monoisotopic (exact) mass is 717 g/mol. The first-order valence-electron chi connectivity index (χ1n) is 19.7. The van der Waals surface area contributed by atoms with Gasteiger partial charge < -0.3 is 24.3 Å². The summed E-state index contributed by atoms with van der Waals surface area (Å²) in [6, 6.07) is 22.0. The predicted molar refractivity (Wildman–Crippen MR) is 219 cm³/mol. The average Bonchev–Trinajstić information content (AvgIpc) is 3.52. The Kier molecular flexibility index (Phi) is 14.4. The molecule has 0 bridgehead atoms. The zero-order chi connectivity index (χ0) is 37.7. The van der Waals surface area contributed by atoms with E-state index in [1.54, 1.807) is 0 Å². The normalized spacial score (nSPS) is 14.2. The molecule has 0 amide bonds. The van der Waals surface area contributed by atoms with Gasteiger partial charge in [-0.25, -0.2) is 9.98 Å². The van der Waals surface area contributed by atoms with Gasteiger partial charge in [0.25, 0.3) is 0 Å². The van der Waals surface area contributed by atoms with E-state index in [1.165, 1.54) is 24.8 Å². The van der Waals surface area contributed by atoms with Crippen LogP contribution < -0.4 is 9.47 Å². The molecular weight excluding hydrogens is 659 g/mol. The number of amidine groups is 1. The van der Waals surface area contributed by atoms with Crippen LogP contribution in [0.15, 0.2) is 89.0 Å². The summed E-state index contributed by atoms with van der Waals surface area (Å²) in [7, 11) is 0. The van der Waals surface area contributed by atoms with Gasteiger partial charge in [-0.05, 0) is 80.5 Å². The molecule has 2 heterocycles. The molecule has 0 aliphatic carbocycles. The lowest BCUT2D eigenvalue weighted by Gasteiger charge is -2.18. The van der Waals surface area contributed by atoms with Crippen molar-refractivity contribution in [1.29, 1.82) is 0 Å². The van der Waals surface area contributed by atoms with Crippen LogP contribution in [0.25, 0.3) is 5.70 Å². The summed E-state index contributed by atoms with van der Waals surface area (Å²) in [6.45, 7) is 14.5. The molecule has 2 N–H and O–H groups in total. The van der Waals surface area contributed by atoms with Crippen molar-refractivity contribution in [2.24, 2.45) is 21.8 Å². The number of unbranched alkanes of at least 4 members (excludes halogenated alkanes) is 2. The highest BCUT2D eigenvalue weighted by molar-refractivity contribution is 6.16. The quantitative estimate of drug-likeness (QED) is 0.101. The first-order chi connectivity index (χ1) is 25.8. The van der Waals surface area contributed by atoms with Crippen LogP contribution in [0.4, 0.5) is 0 Å². The Labute approximate surface area is 317 Å². The Morgan fingerprint density at radius 2 is 1.28 bits per heavy atom. The summed E-state index contributed by atoms with van der Waals surface area (Å²) in [6.07, 6.45) is 13.6. The minimum atomic E-state index is 0.0876. The third-order valence-corrected chi connectivity index (χ3v) is 10.6. The molecular formula is C46H59N3O4. The highest BCUT2D eigenvalue weighted by Gasteiger charge is 2.23. The molecule has 0 saturated heterocycles. The van der Waals surface area contributed by atoms with Crippen LogP contribution in [0, 0.1) is 25.7 Å². The van der Waals surface area contributed by atoms with Crippen molar-refractivity contribution < 1.29 is 19.7 Å². The van der Waals surface area contributed by atoms with Crippen molar-refractivity contribution in [2.45, 2.75) is 106 Å². The second-order valence-corrected chi connectivity index (χ2v) is 14.4. The zero-order valence-corrected chi connectivity index (χ0v) is 32.7. The summed E-state index contributed by atoms with van der Waals surface area (Å²) in [4.78, 5) is 10.2. The van der Waals surface area contributed by atoms with Gasteiger partial charge in [-0.15, -0.1) is 0 Å². The van der Waals surface area contributed by atoms with Gasteiger partial charge in [0.2, 0.25) is 0 Å². The Morgan fingerprint density at radius 3 is 1.87 bits per heavy atom. The molecule has 0 radical (unpaired) electrons. The van der Waals surface area contributed by atoms with E-state index in [0.29, 0.717) is 83.3 Å². The van der Waals surface area contributed by atoms with Gasteiger partial charge >= 0.3 is 0 Å². The fourth-order valence-electron chi connectivity index (χ4n) is 6.87. The molecule has 1 aliphatic rings. The maximum Gasteiger partial charge on any atom is 0.163 e. The van der Waals surface area contributed by atoms with Crippen LogP contribution in [-0.2, 0) is 6.54 Å². The van der Waals surface area contributed by atoms with Crippen molar-refractivity contribution in [1.82, 2.24) is 4.57 Å². The van der Waals surface area contributed by atoms with Crippen molar-refractivity contribution >= 4 is 17.2 Å². The minimum Gasteiger partial charge on any atom is -0.507 e. The number of aromatic nitrogens is 1. The number of nitrogens with zero attached hydrogens (tertiary/aromatic N) is 3. The van der Waals surface area contributed by atoms with E-state index in [2.05, 4.69) is 56.7 Å². The van der Waals surface area contributed by atoms with Crippen molar-refractivity contribution in [2.75, 3.05) is 13.2 Å². The van der Waals surface area contributed by atoms with Gasteiger partial charge in [0.1, 0.15) is 23.0 Å². The SMILES string of the molecule is CCCCC(CC)COc1ccc(C2=CCC(c3cccn3Cc3ccccc3)=NC(c3ccc(OCC(CC)CCCC)c(C)c3O)=N2)c(O)c1C. The second kappa shape index (κ2) is 19.3. The molecule has 0 fully saturated rings. The third kappa shape index (κ3) is 10.0. The smallest absolute Gasteiger partial charge is 0.163 e. The lowest BCUT2D eigenvalue weighted by molar-refractivity contribution is 0.231. The fraction of sp³-hybridized carbons (Fsp3) is 0.435. The number of ether oxygens (including phenoxy) is 2. The molecule has 53 heavy (non-hydrogen) atoms. The molecule has 3 aromatic carbocycles. The van der Waals surface area contributed by atoms with Gasteiger partial charge in [-0.3, -0.25) is 0 Å². The third-order valence-electron chi connectivity index (χ3n) is 10.6. The standard InChI is InChI=1S/C46H59N3O4/c1-7-11-17-34(9-3)30-52-42-26-22-37(44(50)32(42)5)39-24-25-40(41-21-16-28-49(41)29-36-19-14-13-15-20-36)48-46(47-39)38-23-27-43(33(6)45(38)51)53-31-35(10-4)18-12-8-2/h13-16,19-24,26-28,34-35,50-51H,7-12,17-18,25,29-31H2,1-6H3. The van der Waals surface area contributed by atoms with Crippen LogP contribution in [0.5, 0.6) is 23.0 Å². The number of aliphatic imine (C=N–C) groups is 2. The summed E-state index contributed by atoms with van der Waals surface area (Å²) >= 11 is 0. The molecule has 7 nitrogen and oxygen atoms in total. The topological polar surface area (TPSA) is 88.6 Å². The Balaban J connectivity index is 1.51. The number of aromatic hydroxyl groups is 2. The van der Waals surface area contributed by atoms with Gasteiger partial charge in [-0.1, -0.05) is 103 Å². The number of hydrogen-bond acceptors (Lipinski definition) is 6. The van der Waals surface area contributed by atoms with Crippen molar-refractivity contribution in [3.05, 3.63) is 113 Å². The van der Waals surface area contributed by atoms with E-state index in [0.717, 1.165) is 43.5 Å². The molecule has 5 rings (SSSR count). The lowest BCUT2D eigenvalue weighted by atomic mass is 10.0. The first kappa shape index (κ1) is 39.4. The van der Waals surface area contributed by atoms with Crippen molar-refractivity contribution in [3.63, 3.8) is 0 Å². The molecule has 1 aliphatic heterocycles. The van der Waals surface area contributed by atoms with Crippen LogP contribution in [-0.4, -0.2) is 39.5 Å². The molecule has 282 valence electrons. The Hall–Kier alpha value is -4.78. The van der Waals surface area contributed by atoms with Crippen LogP contribution in [0.3, 0.4) is 0 Å². The molecule has 4 aromatic rings. The zero-order valence-electron chi connectivity index (χ0n) is 32.7. The van der Waals surface area contributed by atoms with Crippen LogP contribution >= 0.6 is 0 Å². The molecule has 0 saturated carbocycles. The number of benzene rings is 3. The van der Waals surface area contributed by atoms with Gasteiger partial charge in [0.15, 0.2) is 5.84 Å². The number of rotatable bonds is 19. The first-order valence-corrected chi connectivity index (χ1v) is 19.7. The summed E-state index contributed by atoms with van der Waals surface area (Å²) in [5, 5.41) is 23.3. The Bertz CT molecular complexity index is 1890. The van der Waals surface area contributed by atoms with Gasteiger partial charge in [-0.2, -0.15) is 0 Å². The van der Waals surface area contributed by atoms with E-state index in [-0.39, 0.29) is 11.5 Å². The number of allylic oxidation sites excluding steroid dienone is 1.